The van der Waals surface area contributed by atoms with Crippen molar-refractivity contribution in [3.8, 4) is 0 Å². The third-order valence-corrected chi connectivity index (χ3v) is 3.91. The summed E-state index contributed by atoms with van der Waals surface area (Å²) in [6.45, 7) is 1.59. The van der Waals surface area contributed by atoms with E-state index in [-0.39, 0.29) is 11.9 Å². The first kappa shape index (κ1) is 11.6. The van der Waals surface area contributed by atoms with Gasteiger partial charge in [-0.1, -0.05) is 6.07 Å². The number of thiophene rings is 1. The van der Waals surface area contributed by atoms with Crippen LogP contribution in [0, 0.1) is 0 Å². The van der Waals surface area contributed by atoms with Crippen molar-refractivity contribution >= 4 is 17.2 Å². The van der Waals surface area contributed by atoms with Gasteiger partial charge in [-0.05, 0) is 30.7 Å². The Morgan fingerprint density at radius 3 is 3.12 bits per heavy atom. The summed E-state index contributed by atoms with van der Waals surface area (Å²) >= 11 is 1.76. The zero-order chi connectivity index (χ0) is 11.4. The van der Waals surface area contributed by atoms with Crippen molar-refractivity contribution in [2.75, 3.05) is 13.1 Å². The van der Waals surface area contributed by atoms with Gasteiger partial charge in [0, 0.05) is 30.4 Å². The molecule has 1 unspecified atom stereocenters. The number of carbonyl (C=O) groups is 1. The molecule has 4 heteroatoms. The monoisotopic (exact) mass is 238 g/mol. The Hall–Kier alpha value is -0.870. The molecule has 0 spiro atoms. The Bertz CT molecular complexity index is 337. The molecule has 1 atom stereocenters. The summed E-state index contributed by atoms with van der Waals surface area (Å²) in [5.74, 6) is 0.268. The van der Waals surface area contributed by atoms with Gasteiger partial charge in [0.15, 0.2) is 0 Å². The molecule has 1 saturated heterocycles. The fourth-order valence-corrected chi connectivity index (χ4v) is 2.79. The number of rotatable bonds is 4. The second-order valence-corrected chi connectivity index (χ2v) is 5.35. The molecule has 88 valence electrons. The van der Waals surface area contributed by atoms with Crippen molar-refractivity contribution in [2.45, 2.75) is 31.7 Å². The van der Waals surface area contributed by atoms with Crippen LogP contribution < -0.4 is 5.73 Å². The summed E-state index contributed by atoms with van der Waals surface area (Å²) in [5, 5.41) is 2.08. The first-order valence-corrected chi connectivity index (χ1v) is 6.69. The van der Waals surface area contributed by atoms with E-state index >= 15 is 0 Å². The maximum Gasteiger partial charge on any atom is 0.222 e. The van der Waals surface area contributed by atoms with E-state index in [1.807, 2.05) is 4.90 Å². The number of nitrogens with zero attached hydrogens (tertiary/aromatic N) is 1. The molecule has 0 aromatic carbocycles. The molecule has 2 rings (SSSR count). The number of nitrogens with two attached hydrogens (primary N) is 1. The highest BCUT2D eigenvalue weighted by Gasteiger charge is 2.22. The van der Waals surface area contributed by atoms with Gasteiger partial charge in [-0.25, -0.2) is 0 Å². The molecule has 0 aliphatic carbocycles. The van der Waals surface area contributed by atoms with Crippen LogP contribution in [0.5, 0.6) is 0 Å². The quantitative estimate of drug-likeness (QED) is 0.866. The Morgan fingerprint density at radius 2 is 2.50 bits per heavy atom. The Morgan fingerprint density at radius 1 is 1.62 bits per heavy atom. The van der Waals surface area contributed by atoms with Crippen LogP contribution in [0.2, 0.25) is 0 Å². The van der Waals surface area contributed by atoms with Crippen molar-refractivity contribution in [1.82, 2.24) is 4.90 Å². The predicted molar refractivity (Wildman–Crippen MR) is 66.4 cm³/mol. The molecule has 1 amide bonds. The lowest BCUT2D eigenvalue weighted by atomic mass is 10.2. The fourth-order valence-electron chi connectivity index (χ4n) is 2.04. The van der Waals surface area contributed by atoms with Gasteiger partial charge in [-0.2, -0.15) is 0 Å². The normalized spacial score (nSPS) is 20.3. The molecule has 2 N–H and O–H groups in total. The van der Waals surface area contributed by atoms with E-state index in [4.69, 9.17) is 5.73 Å². The standard InChI is InChI=1S/C12H18N2OS/c13-10-6-7-14(9-10)12(15)5-1-3-11-4-2-8-16-11/h2,4,8,10H,1,3,5-7,9,13H2. The second-order valence-electron chi connectivity index (χ2n) is 4.32. The third kappa shape index (κ3) is 3.06. The number of aryl methyl sites for hydroxylation is 1. The average Bonchev–Trinajstić information content (AvgIpc) is 2.89. The highest BCUT2D eigenvalue weighted by Crippen LogP contribution is 2.14. The summed E-state index contributed by atoms with van der Waals surface area (Å²) in [5.41, 5.74) is 5.78. The van der Waals surface area contributed by atoms with Crippen molar-refractivity contribution in [3.05, 3.63) is 22.4 Å². The molecule has 3 nitrogen and oxygen atoms in total. The first-order valence-electron chi connectivity index (χ1n) is 5.81. The minimum Gasteiger partial charge on any atom is -0.341 e. The number of hydrogen-bond donors (Lipinski definition) is 1. The molecule has 0 radical (unpaired) electrons. The highest BCUT2D eigenvalue weighted by molar-refractivity contribution is 7.09. The van der Waals surface area contributed by atoms with Crippen molar-refractivity contribution in [2.24, 2.45) is 5.73 Å². The third-order valence-electron chi connectivity index (χ3n) is 2.97. The van der Waals surface area contributed by atoms with Crippen LogP contribution >= 0.6 is 11.3 Å². The molecular formula is C12H18N2OS. The topological polar surface area (TPSA) is 46.3 Å². The molecule has 1 aromatic rings. The largest absolute Gasteiger partial charge is 0.341 e. The van der Waals surface area contributed by atoms with Crippen LogP contribution in [-0.2, 0) is 11.2 Å². The van der Waals surface area contributed by atoms with E-state index in [1.54, 1.807) is 11.3 Å². The van der Waals surface area contributed by atoms with E-state index in [2.05, 4.69) is 17.5 Å². The smallest absolute Gasteiger partial charge is 0.222 e. The number of amides is 1. The molecule has 0 bridgehead atoms. The molecule has 1 fully saturated rings. The van der Waals surface area contributed by atoms with E-state index in [0.29, 0.717) is 6.42 Å². The van der Waals surface area contributed by atoms with Crippen LogP contribution in [0.1, 0.15) is 24.1 Å². The average molecular weight is 238 g/mol. The SMILES string of the molecule is NC1CCN(C(=O)CCCc2cccs2)C1. The van der Waals surface area contributed by atoms with E-state index in [1.165, 1.54) is 4.88 Å². The first-order chi connectivity index (χ1) is 7.75. The molecule has 0 saturated carbocycles. The van der Waals surface area contributed by atoms with Crippen LogP contribution in [0.3, 0.4) is 0 Å². The van der Waals surface area contributed by atoms with Gasteiger partial charge in [0.2, 0.25) is 5.91 Å². The van der Waals surface area contributed by atoms with Gasteiger partial charge in [0.05, 0.1) is 0 Å². The van der Waals surface area contributed by atoms with E-state index in [9.17, 15) is 4.79 Å². The summed E-state index contributed by atoms with van der Waals surface area (Å²) < 4.78 is 0. The lowest BCUT2D eigenvalue weighted by molar-refractivity contribution is -0.130. The van der Waals surface area contributed by atoms with Gasteiger partial charge in [0.25, 0.3) is 0 Å². The fraction of sp³-hybridized carbons (Fsp3) is 0.583. The zero-order valence-electron chi connectivity index (χ0n) is 9.39. The van der Waals surface area contributed by atoms with Crippen LogP contribution in [-0.4, -0.2) is 29.9 Å². The molecule has 1 aliphatic rings. The molecule has 16 heavy (non-hydrogen) atoms. The van der Waals surface area contributed by atoms with Gasteiger partial charge < -0.3 is 10.6 Å². The van der Waals surface area contributed by atoms with E-state index in [0.717, 1.165) is 32.4 Å². The molecule has 1 aliphatic heterocycles. The summed E-state index contributed by atoms with van der Waals surface area (Å²) in [6.07, 6.45) is 3.58. The van der Waals surface area contributed by atoms with Crippen molar-refractivity contribution < 1.29 is 4.79 Å². The van der Waals surface area contributed by atoms with Gasteiger partial charge in [0.1, 0.15) is 0 Å². The van der Waals surface area contributed by atoms with Gasteiger partial charge in [-0.3, -0.25) is 4.79 Å². The predicted octanol–water partition coefficient (Wildman–Crippen LogP) is 1.63. The van der Waals surface area contributed by atoms with Crippen LogP contribution in [0.25, 0.3) is 0 Å². The minimum atomic E-state index is 0.196. The summed E-state index contributed by atoms with van der Waals surface area (Å²) in [4.78, 5) is 15.1. The highest BCUT2D eigenvalue weighted by atomic mass is 32.1. The number of likely N-dealkylation sites (tertiary alicyclic amines) is 1. The number of hydrogen-bond acceptors (Lipinski definition) is 3. The Labute approximate surface area is 100 Å². The van der Waals surface area contributed by atoms with Gasteiger partial charge in [-0.15, -0.1) is 11.3 Å². The maximum atomic E-state index is 11.8. The van der Waals surface area contributed by atoms with Crippen LogP contribution in [0.4, 0.5) is 0 Å². The minimum absolute atomic E-state index is 0.196. The summed E-state index contributed by atoms with van der Waals surface area (Å²) in [6, 6.07) is 4.38. The zero-order valence-corrected chi connectivity index (χ0v) is 10.2. The van der Waals surface area contributed by atoms with Crippen molar-refractivity contribution in [1.29, 1.82) is 0 Å². The molecular weight excluding hydrogens is 220 g/mol. The Kier molecular flexibility index (Phi) is 3.96. The Balaban J connectivity index is 1.68. The van der Waals surface area contributed by atoms with Crippen LogP contribution in [0.15, 0.2) is 17.5 Å². The van der Waals surface area contributed by atoms with E-state index < -0.39 is 0 Å². The molecule has 2 heterocycles. The summed E-state index contributed by atoms with van der Waals surface area (Å²) in [7, 11) is 0. The lowest BCUT2D eigenvalue weighted by Crippen LogP contribution is -2.31. The maximum absolute atomic E-state index is 11.8. The van der Waals surface area contributed by atoms with Crippen molar-refractivity contribution in [3.63, 3.8) is 0 Å². The van der Waals surface area contributed by atoms with Gasteiger partial charge >= 0.3 is 0 Å². The molecule has 1 aromatic heterocycles. The lowest BCUT2D eigenvalue weighted by Gasteiger charge is -2.15. The second kappa shape index (κ2) is 5.46. The number of carbonyl (C=O) groups excluding carboxylic acids is 1.